The highest BCUT2D eigenvalue weighted by molar-refractivity contribution is 5.84. The molecular weight excluding hydrogens is 324 g/mol. The van der Waals surface area contributed by atoms with Crippen LogP contribution in [0.5, 0.6) is 5.75 Å². The normalized spacial score (nSPS) is 12.3. The molecule has 0 amide bonds. The first-order chi connectivity index (χ1) is 12.6. The first-order valence-electron chi connectivity index (χ1n) is 8.60. The van der Waals surface area contributed by atoms with E-state index in [1.165, 1.54) is 11.1 Å². The standard InChI is InChI=1S/C23H24O3/c1-4-9-17(3)21(5-2)23(18-10-7-6-8-11-18)19-12-14-20(15-13-19)26-16-22(24)25/h4,6-15H,1,5,16H2,2-3H3,(H,24,25)/b17-9+,23-21-. The summed E-state index contributed by atoms with van der Waals surface area (Å²) in [5.74, 6) is -0.447. The third kappa shape index (κ3) is 4.96. The number of carbonyl (C=O) groups is 1. The first-order valence-corrected chi connectivity index (χ1v) is 8.60. The van der Waals surface area contributed by atoms with Crippen molar-refractivity contribution in [2.24, 2.45) is 0 Å². The van der Waals surface area contributed by atoms with Crippen LogP contribution in [0, 0.1) is 0 Å². The maximum absolute atomic E-state index is 10.7. The van der Waals surface area contributed by atoms with Crippen LogP contribution in [0.4, 0.5) is 0 Å². The summed E-state index contributed by atoms with van der Waals surface area (Å²) in [6, 6.07) is 17.8. The lowest BCUT2D eigenvalue weighted by Crippen LogP contribution is -2.09. The van der Waals surface area contributed by atoms with Crippen molar-refractivity contribution in [2.45, 2.75) is 20.3 Å². The molecule has 0 atom stereocenters. The molecule has 1 N–H and O–H groups in total. The number of carboxylic acid groups (broad SMARTS) is 1. The van der Waals surface area contributed by atoms with Gasteiger partial charge >= 0.3 is 5.97 Å². The molecule has 0 aliphatic carbocycles. The van der Waals surface area contributed by atoms with E-state index in [9.17, 15) is 4.79 Å². The summed E-state index contributed by atoms with van der Waals surface area (Å²) in [7, 11) is 0. The highest BCUT2D eigenvalue weighted by Gasteiger charge is 2.12. The van der Waals surface area contributed by atoms with Crippen molar-refractivity contribution in [3.63, 3.8) is 0 Å². The van der Waals surface area contributed by atoms with Gasteiger partial charge in [-0.05, 0) is 53.3 Å². The minimum Gasteiger partial charge on any atom is -0.482 e. The van der Waals surface area contributed by atoms with Crippen LogP contribution in [-0.4, -0.2) is 17.7 Å². The predicted octanol–water partition coefficient (Wildman–Crippen LogP) is 5.49. The Morgan fingerprint density at radius 3 is 2.23 bits per heavy atom. The molecule has 0 aliphatic heterocycles. The van der Waals surface area contributed by atoms with Crippen molar-refractivity contribution in [3.8, 4) is 5.75 Å². The van der Waals surface area contributed by atoms with Crippen LogP contribution in [0.2, 0.25) is 0 Å². The van der Waals surface area contributed by atoms with E-state index in [0.29, 0.717) is 5.75 Å². The van der Waals surface area contributed by atoms with Gasteiger partial charge in [-0.25, -0.2) is 4.79 Å². The highest BCUT2D eigenvalue weighted by Crippen LogP contribution is 2.33. The van der Waals surface area contributed by atoms with Crippen molar-refractivity contribution in [1.29, 1.82) is 0 Å². The van der Waals surface area contributed by atoms with Crippen molar-refractivity contribution in [2.75, 3.05) is 6.61 Å². The smallest absolute Gasteiger partial charge is 0.341 e. The zero-order chi connectivity index (χ0) is 18.9. The fourth-order valence-corrected chi connectivity index (χ4v) is 2.91. The second-order valence-corrected chi connectivity index (χ2v) is 5.87. The van der Waals surface area contributed by atoms with E-state index >= 15 is 0 Å². The van der Waals surface area contributed by atoms with E-state index in [1.807, 2.05) is 36.4 Å². The molecule has 2 aromatic carbocycles. The average molecular weight is 348 g/mol. The molecule has 0 saturated heterocycles. The minimum absolute atomic E-state index is 0.345. The van der Waals surface area contributed by atoms with E-state index in [0.717, 1.165) is 23.1 Å². The molecule has 0 fully saturated rings. The summed E-state index contributed by atoms with van der Waals surface area (Å²) in [6.45, 7) is 7.69. The second-order valence-electron chi connectivity index (χ2n) is 5.87. The van der Waals surface area contributed by atoms with Crippen LogP contribution in [-0.2, 0) is 4.79 Å². The largest absolute Gasteiger partial charge is 0.482 e. The quantitative estimate of drug-likeness (QED) is 0.641. The topological polar surface area (TPSA) is 46.5 Å². The third-order valence-electron chi connectivity index (χ3n) is 4.07. The highest BCUT2D eigenvalue weighted by atomic mass is 16.5. The molecule has 0 bridgehead atoms. The summed E-state index contributed by atoms with van der Waals surface area (Å²) in [5.41, 5.74) is 5.78. The average Bonchev–Trinajstić information content (AvgIpc) is 2.65. The summed E-state index contributed by atoms with van der Waals surface area (Å²) < 4.78 is 5.24. The van der Waals surface area contributed by atoms with Gasteiger partial charge in [-0.3, -0.25) is 0 Å². The van der Waals surface area contributed by atoms with Gasteiger partial charge in [0.15, 0.2) is 6.61 Å². The molecule has 2 rings (SSSR count). The maximum atomic E-state index is 10.7. The molecule has 2 aromatic rings. The molecule has 3 heteroatoms. The Bertz CT molecular complexity index is 812. The molecule has 0 aromatic heterocycles. The van der Waals surface area contributed by atoms with E-state index in [4.69, 9.17) is 9.84 Å². The van der Waals surface area contributed by atoms with Crippen molar-refractivity contribution < 1.29 is 14.6 Å². The number of ether oxygens (including phenoxy) is 1. The van der Waals surface area contributed by atoms with Gasteiger partial charge in [-0.15, -0.1) is 0 Å². The molecule has 0 heterocycles. The van der Waals surface area contributed by atoms with Crippen molar-refractivity contribution in [1.82, 2.24) is 0 Å². The number of rotatable bonds is 8. The SMILES string of the molecule is C=C/C=C(C)/C(CC)=C(/c1ccccc1)c1ccc(OCC(=O)O)cc1. The van der Waals surface area contributed by atoms with Crippen LogP contribution in [0.15, 0.2) is 84.5 Å². The zero-order valence-electron chi connectivity index (χ0n) is 15.2. The summed E-state index contributed by atoms with van der Waals surface area (Å²) in [4.78, 5) is 10.7. The van der Waals surface area contributed by atoms with Crippen LogP contribution in [0.25, 0.3) is 5.57 Å². The van der Waals surface area contributed by atoms with Crippen molar-refractivity contribution in [3.05, 3.63) is 95.6 Å². The molecular formula is C23H24O3. The summed E-state index contributed by atoms with van der Waals surface area (Å²) in [5, 5.41) is 8.74. The number of hydrogen-bond acceptors (Lipinski definition) is 2. The number of benzene rings is 2. The molecule has 3 nitrogen and oxygen atoms in total. The van der Waals surface area contributed by atoms with Crippen LogP contribution >= 0.6 is 0 Å². The molecule has 26 heavy (non-hydrogen) atoms. The van der Waals surface area contributed by atoms with E-state index in [-0.39, 0.29) is 6.61 Å². The van der Waals surface area contributed by atoms with Gasteiger partial charge in [0.2, 0.25) is 0 Å². The molecule has 0 aliphatic rings. The lowest BCUT2D eigenvalue weighted by Gasteiger charge is -2.17. The van der Waals surface area contributed by atoms with Crippen LogP contribution < -0.4 is 4.74 Å². The van der Waals surface area contributed by atoms with Crippen LogP contribution in [0.1, 0.15) is 31.4 Å². The van der Waals surface area contributed by atoms with Gasteiger partial charge in [0.25, 0.3) is 0 Å². The zero-order valence-corrected chi connectivity index (χ0v) is 15.2. The number of aliphatic carboxylic acids is 1. The van der Waals surface area contributed by atoms with E-state index in [1.54, 1.807) is 18.2 Å². The summed E-state index contributed by atoms with van der Waals surface area (Å²) >= 11 is 0. The second kappa shape index (κ2) is 9.42. The Morgan fingerprint density at radius 1 is 1.08 bits per heavy atom. The van der Waals surface area contributed by atoms with Gasteiger partial charge in [0, 0.05) is 0 Å². The Hall–Kier alpha value is -3.07. The number of hydrogen-bond donors (Lipinski definition) is 1. The lowest BCUT2D eigenvalue weighted by atomic mass is 9.88. The number of allylic oxidation sites excluding steroid dienone is 4. The molecule has 0 spiro atoms. The molecule has 0 saturated carbocycles. The van der Waals surface area contributed by atoms with Crippen LogP contribution in [0.3, 0.4) is 0 Å². The third-order valence-corrected chi connectivity index (χ3v) is 4.07. The first kappa shape index (κ1) is 19.3. The Balaban J connectivity index is 2.53. The van der Waals surface area contributed by atoms with Gasteiger partial charge in [0.05, 0.1) is 0 Å². The molecule has 0 radical (unpaired) electrons. The minimum atomic E-state index is -0.989. The van der Waals surface area contributed by atoms with Crippen molar-refractivity contribution >= 4 is 11.5 Å². The fourth-order valence-electron chi connectivity index (χ4n) is 2.91. The number of carboxylic acids is 1. The molecule has 134 valence electrons. The van der Waals surface area contributed by atoms with Gasteiger partial charge in [-0.1, -0.05) is 68.1 Å². The Labute approximate surface area is 155 Å². The summed E-state index contributed by atoms with van der Waals surface area (Å²) in [6.07, 6.45) is 4.71. The predicted molar refractivity (Wildman–Crippen MR) is 106 cm³/mol. The maximum Gasteiger partial charge on any atom is 0.341 e. The van der Waals surface area contributed by atoms with Gasteiger partial charge < -0.3 is 9.84 Å². The van der Waals surface area contributed by atoms with Gasteiger partial charge in [0.1, 0.15) is 5.75 Å². The fraction of sp³-hybridized carbons (Fsp3) is 0.174. The Kier molecular flexibility index (Phi) is 6.98. The van der Waals surface area contributed by atoms with E-state index in [2.05, 4.69) is 32.6 Å². The monoisotopic (exact) mass is 348 g/mol. The Morgan fingerprint density at radius 2 is 1.69 bits per heavy atom. The molecule has 0 unspecified atom stereocenters. The van der Waals surface area contributed by atoms with E-state index < -0.39 is 5.97 Å². The van der Waals surface area contributed by atoms with Gasteiger partial charge in [-0.2, -0.15) is 0 Å². The lowest BCUT2D eigenvalue weighted by molar-refractivity contribution is -0.139.